The van der Waals surface area contributed by atoms with Gasteiger partial charge in [0.1, 0.15) is 5.82 Å². The Balaban J connectivity index is 1.82. The molecule has 5 nitrogen and oxygen atoms in total. The van der Waals surface area contributed by atoms with Crippen molar-refractivity contribution in [2.45, 2.75) is 12.6 Å². The molecule has 2 amide bonds. The number of benzene rings is 1. The summed E-state index contributed by atoms with van der Waals surface area (Å²) in [4.78, 5) is 25.7. The monoisotopic (exact) mass is 349 g/mol. The SMILES string of the molecule is CN(C)[C@@H](CNC(=O)C(=O)NCc1ccc(F)cc1)c1ccsc1. The van der Waals surface area contributed by atoms with Crippen LogP contribution in [0.25, 0.3) is 0 Å². The van der Waals surface area contributed by atoms with Crippen LogP contribution in [-0.2, 0) is 16.1 Å². The molecule has 128 valence electrons. The van der Waals surface area contributed by atoms with E-state index in [-0.39, 0.29) is 18.4 Å². The topological polar surface area (TPSA) is 61.4 Å². The minimum atomic E-state index is -0.706. The highest BCUT2D eigenvalue weighted by Gasteiger charge is 2.18. The minimum Gasteiger partial charge on any atom is -0.346 e. The van der Waals surface area contributed by atoms with E-state index in [1.807, 2.05) is 35.8 Å². The maximum Gasteiger partial charge on any atom is 0.309 e. The van der Waals surface area contributed by atoms with E-state index in [0.29, 0.717) is 6.54 Å². The highest BCUT2D eigenvalue weighted by atomic mass is 32.1. The molecule has 0 spiro atoms. The molecule has 0 radical (unpaired) electrons. The highest BCUT2D eigenvalue weighted by Crippen LogP contribution is 2.19. The van der Waals surface area contributed by atoms with Gasteiger partial charge in [0.25, 0.3) is 0 Å². The van der Waals surface area contributed by atoms with Crippen LogP contribution >= 0.6 is 11.3 Å². The van der Waals surface area contributed by atoms with E-state index in [0.717, 1.165) is 11.1 Å². The third-order valence-corrected chi connectivity index (χ3v) is 4.28. The van der Waals surface area contributed by atoms with Crippen molar-refractivity contribution < 1.29 is 14.0 Å². The lowest BCUT2D eigenvalue weighted by molar-refractivity contribution is -0.139. The molecule has 0 saturated carbocycles. The van der Waals surface area contributed by atoms with Crippen molar-refractivity contribution in [1.29, 1.82) is 0 Å². The number of carbonyl (C=O) groups excluding carboxylic acids is 2. The van der Waals surface area contributed by atoms with Crippen molar-refractivity contribution in [3.63, 3.8) is 0 Å². The number of nitrogens with one attached hydrogen (secondary N) is 2. The normalized spacial score (nSPS) is 12.0. The molecule has 1 heterocycles. The van der Waals surface area contributed by atoms with Gasteiger partial charge in [-0.05, 0) is 54.2 Å². The molecule has 2 rings (SSSR count). The van der Waals surface area contributed by atoms with Crippen LogP contribution in [0.1, 0.15) is 17.2 Å². The van der Waals surface area contributed by atoms with Crippen LogP contribution in [0.2, 0.25) is 0 Å². The van der Waals surface area contributed by atoms with Crippen LogP contribution in [0.4, 0.5) is 4.39 Å². The molecule has 0 bridgehead atoms. The van der Waals surface area contributed by atoms with Gasteiger partial charge in [-0.1, -0.05) is 12.1 Å². The fourth-order valence-corrected chi connectivity index (χ4v) is 2.90. The van der Waals surface area contributed by atoms with Crippen molar-refractivity contribution >= 4 is 23.2 Å². The van der Waals surface area contributed by atoms with Crippen molar-refractivity contribution in [2.24, 2.45) is 0 Å². The Morgan fingerprint density at radius 2 is 1.79 bits per heavy atom. The van der Waals surface area contributed by atoms with E-state index < -0.39 is 11.8 Å². The van der Waals surface area contributed by atoms with Crippen LogP contribution in [0, 0.1) is 5.82 Å². The van der Waals surface area contributed by atoms with E-state index in [2.05, 4.69) is 10.6 Å². The second kappa shape index (κ2) is 8.56. The third kappa shape index (κ3) is 5.14. The Labute approximate surface area is 144 Å². The van der Waals surface area contributed by atoms with Crippen molar-refractivity contribution in [3.8, 4) is 0 Å². The molecule has 2 aromatic rings. The molecule has 0 aliphatic rings. The molecule has 1 aromatic heterocycles. The average molecular weight is 349 g/mol. The summed E-state index contributed by atoms with van der Waals surface area (Å²) in [7, 11) is 3.84. The molecule has 24 heavy (non-hydrogen) atoms. The summed E-state index contributed by atoms with van der Waals surface area (Å²) in [6.45, 7) is 0.515. The molecule has 0 fully saturated rings. The van der Waals surface area contributed by atoms with Gasteiger partial charge in [0.05, 0.1) is 6.04 Å². The first kappa shape index (κ1) is 18.1. The summed E-state index contributed by atoms with van der Waals surface area (Å²) in [6.07, 6.45) is 0. The van der Waals surface area contributed by atoms with E-state index in [1.165, 1.54) is 12.1 Å². The zero-order valence-electron chi connectivity index (χ0n) is 13.6. The first-order chi connectivity index (χ1) is 11.5. The smallest absolute Gasteiger partial charge is 0.309 e. The van der Waals surface area contributed by atoms with Gasteiger partial charge in [-0.25, -0.2) is 4.39 Å². The van der Waals surface area contributed by atoms with Crippen LogP contribution in [0.5, 0.6) is 0 Å². The summed E-state index contributed by atoms with van der Waals surface area (Å²) >= 11 is 1.59. The fourth-order valence-electron chi connectivity index (χ4n) is 2.20. The highest BCUT2D eigenvalue weighted by molar-refractivity contribution is 7.07. The maximum atomic E-state index is 12.8. The number of hydrogen-bond donors (Lipinski definition) is 2. The molecule has 7 heteroatoms. The lowest BCUT2D eigenvalue weighted by atomic mass is 10.1. The number of carbonyl (C=O) groups is 2. The first-order valence-corrected chi connectivity index (χ1v) is 8.40. The van der Waals surface area contributed by atoms with Crippen LogP contribution in [0.15, 0.2) is 41.1 Å². The Bertz CT molecular complexity index is 672. The molecule has 0 saturated heterocycles. The van der Waals surface area contributed by atoms with Crippen molar-refractivity contribution in [3.05, 3.63) is 58.0 Å². The standard InChI is InChI=1S/C17H20FN3O2S/c1-21(2)15(13-7-8-24-11-13)10-20-17(23)16(22)19-9-12-3-5-14(18)6-4-12/h3-8,11,15H,9-10H2,1-2H3,(H,19,22)(H,20,23)/t15-/m0/s1. The quantitative estimate of drug-likeness (QED) is 0.784. The number of likely N-dealkylation sites (N-methyl/N-ethyl adjacent to an activating group) is 1. The second-order valence-electron chi connectivity index (χ2n) is 5.56. The third-order valence-electron chi connectivity index (χ3n) is 3.58. The number of amides is 2. The molecule has 2 N–H and O–H groups in total. The van der Waals surface area contributed by atoms with Gasteiger partial charge in [0.15, 0.2) is 0 Å². The fraction of sp³-hybridized carbons (Fsp3) is 0.294. The Morgan fingerprint density at radius 3 is 2.38 bits per heavy atom. The van der Waals surface area contributed by atoms with Crippen molar-refractivity contribution in [2.75, 3.05) is 20.6 Å². The first-order valence-electron chi connectivity index (χ1n) is 7.46. The zero-order valence-corrected chi connectivity index (χ0v) is 14.4. The van der Waals surface area contributed by atoms with Crippen LogP contribution in [-0.4, -0.2) is 37.4 Å². The average Bonchev–Trinajstić information content (AvgIpc) is 3.08. The van der Waals surface area contributed by atoms with Gasteiger partial charge in [-0.2, -0.15) is 11.3 Å². The van der Waals surface area contributed by atoms with E-state index in [1.54, 1.807) is 23.5 Å². The summed E-state index contributed by atoms with van der Waals surface area (Å²) in [5, 5.41) is 9.16. The predicted octanol–water partition coefficient (Wildman–Crippen LogP) is 1.92. The van der Waals surface area contributed by atoms with Gasteiger partial charge in [-0.15, -0.1) is 0 Å². The number of rotatable bonds is 6. The molecule has 1 atom stereocenters. The molecular formula is C17H20FN3O2S. The Kier molecular flexibility index (Phi) is 6.45. The molecular weight excluding hydrogens is 329 g/mol. The van der Waals surface area contributed by atoms with E-state index in [4.69, 9.17) is 0 Å². The van der Waals surface area contributed by atoms with E-state index >= 15 is 0 Å². The van der Waals surface area contributed by atoms with Crippen molar-refractivity contribution in [1.82, 2.24) is 15.5 Å². The lowest BCUT2D eigenvalue weighted by Gasteiger charge is -2.23. The summed E-state index contributed by atoms with van der Waals surface area (Å²) in [6, 6.07) is 7.74. The van der Waals surface area contributed by atoms with Gasteiger partial charge >= 0.3 is 11.8 Å². The predicted molar refractivity (Wildman–Crippen MR) is 92.0 cm³/mol. The lowest BCUT2D eigenvalue weighted by Crippen LogP contribution is -2.42. The van der Waals surface area contributed by atoms with E-state index in [9.17, 15) is 14.0 Å². The second-order valence-corrected chi connectivity index (χ2v) is 6.34. The van der Waals surface area contributed by atoms with Crippen LogP contribution in [0.3, 0.4) is 0 Å². The van der Waals surface area contributed by atoms with Gasteiger partial charge in [-0.3, -0.25) is 9.59 Å². The molecule has 1 aromatic carbocycles. The number of halogens is 1. The molecule has 0 aliphatic heterocycles. The Hall–Kier alpha value is -2.25. The number of nitrogens with zero attached hydrogens (tertiary/aromatic N) is 1. The zero-order chi connectivity index (χ0) is 17.5. The van der Waals surface area contributed by atoms with Crippen LogP contribution < -0.4 is 10.6 Å². The largest absolute Gasteiger partial charge is 0.346 e. The van der Waals surface area contributed by atoms with Gasteiger partial charge in [0, 0.05) is 13.1 Å². The molecule has 0 aliphatic carbocycles. The van der Waals surface area contributed by atoms with Gasteiger partial charge < -0.3 is 15.5 Å². The molecule has 0 unspecified atom stereocenters. The number of hydrogen-bond acceptors (Lipinski definition) is 4. The summed E-state index contributed by atoms with van der Waals surface area (Å²) in [5.74, 6) is -1.73. The summed E-state index contributed by atoms with van der Waals surface area (Å²) in [5.41, 5.74) is 1.82. The van der Waals surface area contributed by atoms with Gasteiger partial charge in [0.2, 0.25) is 0 Å². The maximum absolute atomic E-state index is 12.8. The summed E-state index contributed by atoms with van der Waals surface area (Å²) < 4.78 is 12.8. The number of thiophene rings is 1. The Morgan fingerprint density at radius 1 is 1.12 bits per heavy atom. The minimum absolute atomic E-state index is 0.00472.